The van der Waals surface area contributed by atoms with Gasteiger partial charge in [-0.3, -0.25) is 4.79 Å². The van der Waals surface area contributed by atoms with Crippen LogP contribution in [0.3, 0.4) is 0 Å². The van der Waals surface area contributed by atoms with Crippen LogP contribution in [0, 0.1) is 5.92 Å². The molecule has 0 radical (unpaired) electrons. The van der Waals surface area contributed by atoms with E-state index in [1.807, 2.05) is 0 Å². The van der Waals surface area contributed by atoms with Crippen molar-refractivity contribution in [2.75, 3.05) is 6.61 Å². The quantitative estimate of drug-likeness (QED) is 0.472. The Bertz CT molecular complexity index is 223. The van der Waals surface area contributed by atoms with Gasteiger partial charge in [0.25, 0.3) is 0 Å². The second-order valence-electron chi connectivity index (χ2n) is 5.18. The molecule has 0 bridgehead atoms. The Morgan fingerprint density at radius 1 is 1.31 bits per heavy atom. The molecule has 4 heteroatoms. The molecule has 0 unspecified atom stereocenters. The summed E-state index contributed by atoms with van der Waals surface area (Å²) in [5, 5.41) is 0. The van der Waals surface area contributed by atoms with Crippen molar-refractivity contribution >= 4 is 17.7 Å². The predicted octanol–water partition coefficient (Wildman–Crippen LogP) is 3.02. The minimum absolute atomic E-state index is 0.272. The van der Waals surface area contributed by atoms with E-state index in [0.29, 0.717) is 12.5 Å². The second-order valence-corrected chi connectivity index (χ2v) is 5.36. The summed E-state index contributed by atoms with van der Waals surface area (Å²) < 4.78 is 5.31. The summed E-state index contributed by atoms with van der Waals surface area (Å²) in [5.74, 6) is 0.268. The average molecular weight is 248 g/mol. The lowest BCUT2D eigenvalue weighted by Crippen LogP contribution is -2.43. The van der Waals surface area contributed by atoms with Gasteiger partial charge < -0.3 is 4.74 Å². The number of carbonyl (C=O) groups is 1. The fourth-order valence-corrected chi connectivity index (χ4v) is 2.02. The van der Waals surface area contributed by atoms with Crippen LogP contribution in [0.25, 0.3) is 0 Å². The lowest BCUT2D eigenvalue weighted by Gasteiger charge is -2.22. The van der Waals surface area contributed by atoms with Gasteiger partial charge in [-0.1, -0.05) is 25.7 Å². The van der Waals surface area contributed by atoms with Gasteiger partial charge in [0.15, 0.2) is 0 Å². The Hall–Kier alpha value is -0.280. The van der Waals surface area contributed by atoms with Gasteiger partial charge in [-0.05, 0) is 44.4 Å². The molecule has 1 rings (SSSR count). The highest BCUT2D eigenvalue weighted by atomic mass is 35.5. The lowest BCUT2D eigenvalue weighted by molar-refractivity contribution is -0.151. The van der Waals surface area contributed by atoms with Gasteiger partial charge in [0.2, 0.25) is 0 Å². The number of halogens is 1. The Kier molecular flexibility index (Phi) is 5.56. The zero-order valence-electron chi connectivity index (χ0n) is 10.2. The molecule has 1 N–H and O–H groups in total. The maximum absolute atomic E-state index is 11.7. The fourth-order valence-electron chi connectivity index (χ4n) is 1.94. The fraction of sp³-hybridized carbons (Fsp3) is 0.917. The summed E-state index contributed by atoms with van der Waals surface area (Å²) in [5.41, 5.74) is -0.799. The highest BCUT2D eigenvalue weighted by Gasteiger charge is 2.29. The second kappa shape index (κ2) is 6.45. The number of hydrogen-bond acceptors (Lipinski definition) is 3. The van der Waals surface area contributed by atoms with Gasteiger partial charge in [-0.2, -0.15) is 0 Å². The molecule has 1 aliphatic rings. The molecule has 94 valence electrons. The third-order valence-corrected chi connectivity index (χ3v) is 3.64. The molecule has 0 spiro atoms. The average Bonchev–Trinajstić information content (AvgIpc) is 2.54. The molecule has 1 fully saturated rings. The first kappa shape index (κ1) is 13.8. The van der Waals surface area contributed by atoms with E-state index in [4.69, 9.17) is 16.5 Å². The number of carbonyl (C=O) groups excluding carboxylic acids is 1. The Morgan fingerprint density at radius 3 is 2.38 bits per heavy atom. The van der Waals surface area contributed by atoms with Crippen molar-refractivity contribution in [3.05, 3.63) is 0 Å². The summed E-state index contributed by atoms with van der Waals surface area (Å²) in [6, 6.07) is 0. The SMILES string of the molecule is CC(C)(NCl)C(=O)OCC1CCCCCC1. The first-order chi connectivity index (χ1) is 7.56. The lowest BCUT2D eigenvalue weighted by atomic mass is 10.0. The minimum atomic E-state index is -0.799. The van der Waals surface area contributed by atoms with Gasteiger partial charge in [0.05, 0.1) is 6.61 Å². The number of hydrogen-bond donors (Lipinski definition) is 1. The Balaban J connectivity index is 2.30. The summed E-state index contributed by atoms with van der Waals surface area (Å²) >= 11 is 5.48. The summed E-state index contributed by atoms with van der Waals surface area (Å²) in [4.78, 5) is 14.1. The molecule has 0 amide bonds. The third kappa shape index (κ3) is 4.30. The predicted molar refractivity (Wildman–Crippen MR) is 65.2 cm³/mol. The van der Waals surface area contributed by atoms with E-state index >= 15 is 0 Å². The maximum Gasteiger partial charge on any atom is 0.326 e. The van der Waals surface area contributed by atoms with Crippen molar-refractivity contribution in [3.8, 4) is 0 Å². The van der Waals surface area contributed by atoms with Gasteiger partial charge in [0.1, 0.15) is 5.54 Å². The molecule has 0 atom stereocenters. The van der Waals surface area contributed by atoms with Crippen molar-refractivity contribution in [2.45, 2.75) is 57.9 Å². The van der Waals surface area contributed by atoms with Crippen LogP contribution in [0.15, 0.2) is 0 Å². The smallest absolute Gasteiger partial charge is 0.326 e. The zero-order chi connectivity index (χ0) is 12.0. The normalized spacial score (nSPS) is 19.2. The molecule has 3 nitrogen and oxygen atoms in total. The summed E-state index contributed by atoms with van der Waals surface area (Å²) in [6.07, 6.45) is 7.53. The van der Waals surface area contributed by atoms with Crippen molar-refractivity contribution in [1.82, 2.24) is 4.84 Å². The van der Waals surface area contributed by atoms with E-state index in [1.54, 1.807) is 13.8 Å². The standard InChI is InChI=1S/C12H22ClNO2/c1-12(2,14-13)11(15)16-9-10-7-5-3-4-6-8-10/h10,14H,3-9H2,1-2H3. The van der Waals surface area contributed by atoms with E-state index in [1.165, 1.54) is 38.5 Å². The number of esters is 1. The van der Waals surface area contributed by atoms with Crippen LogP contribution >= 0.6 is 11.8 Å². The van der Waals surface area contributed by atoms with E-state index in [9.17, 15) is 4.79 Å². The van der Waals surface area contributed by atoms with Crippen LogP contribution in [-0.2, 0) is 9.53 Å². The van der Waals surface area contributed by atoms with Gasteiger partial charge in [0, 0.05) is 0 Å². The van der Waals surface area contributed by atoms with Crippen molar-refractivity contribution in [1.29, 1.82) is 0 Å². The van der Waals surface area contributed by atoms with Gasteiger partial charge >= 0.3 is 5.97 Å². The van der Waals surface area contributed by atoms with Gasteiger partial charge in [-0.15, -0.1) is 0 Å². The van der Waals surface area contributed by atoms with E-state index < -0.39 is 5.54 Å². The van der Waals surface area contributed by atoms with E-state index in [-0.39, 0.29) is 5.97 Å². The largest absolute Gasteiger partial charge is 0.464 e. The van der Waals surface area contributed by atoms with Crippen molar-refractivity contribution < 1.29 is 9.53 Å². The minimum Gasteiger partial charge on any atom is -0.464 e. The first-order valence-corrected chi connectivity index (χ1v) is 6.49. The molecule has 16 heavy (non-hydrogen) atoms. The molecule has 1 saturated carbocycles. The third-order valence-electron chi connectivity index (χ3n) is 3.17. The topological polar surface area (TPSA) is 38.3 Å². The molecule has 1 aliphatic carbocycles. The van der Waals surface area contributed by atoms with Crippen LogP contribution in [0.2, 0.25) is 0 Å². The Morgan fingerprint density at radius 2 is 1.88 bits per heavy atom. The highest BCUT2D eigenvalue weighted by Crippen LogP contribution is 2.23. The van der Waals surface area contributed by atoms with Gasteiger partial charge in [-0.25, -0.2) is 4.84 Å². The maximum atomic E-state index is 11.7. The van der Waals surface area contributed by atoms with E-state index in [2.05, 4.69) is 4.84 Å². The summed E-state index contributed by atoms with van der Waals surface area (Å²) in [7, 11) is 0. The van der Waals surface area contributed by atoms with Crippen LogP contribution < -0.4 is 4.84 Å². The van der Waals surface area contributed by atoms with E-state index in [0.717, 1.165) is 0 Å². The Labute approximate surface area is 103 Å². The summed E-state index contributed by atoms with van der Waals surface area (Å²) in [6.45, 7) is 3.98. The molecule has 0 aliphatic heterocycles. The molecule has 0 heterocycles. The van der Waals surface area contributed by atoms with Crippen LogP contribution in [-0.4, -0.2) is 18.1 Å². The molecule has 0 aromatic rings. The number of ether oxygens (including phenoxy) is 1. The monoisotopic (exact) mass is 247 g/mol. The molecule has 0 aromatic carbocycles. The molecular weight excluding hydrogens is 226 g/mol. The zero-order valence-corrected chi connectivity index (χ0v) is 11.0. The van der Waals surface area contributed by atoms with Crippen molar-refractivity contribution in [2.24, 2.45) is 5.92 Å². The van der Waals surface area contributed by atoms with Crippen LogP contribution in [0.5, 0.6) is 0 Å². The van der Waals surface area contributed by atoms with Crippen LogP contribution in [0.1, 0.15) is 52.4 Å². The highest BCUT2D eigenvalue weighted by molar-refractivity contribution is 6.15. The number of nitrogens with one attached hydrogen (secondary N) is 1. The molecular formula is C12H22ClNO2. The molecule has 0 saturated heterocycles. The number of rotatable bonds is 4. The van der Waals surface area contributed by atoms with Crippen molar-refractivity contribution in [3.63, 3.8) is 0 Å². The first-order valence-electron chi connectivity index (χ1n) is 6.11. The van der Waals surface area contributed by atoms with Crippen LogP contribution in [0.4, 0.5) is 0 Å². The molecule has 0 aromatic heterocycles.